The Kier molecular flexibility index (Phi) is 4.53. The molecule has 1 aromatic carbocycles. The van der Waals surface area contributed by atoms with E-state index in [-0.39, 0.29) is 15.6 Å². The van der Waals surface area contributed by atoms with Gasteiger partial charge in [0.1, 0.15) is 11.6 Å². The van der Waals surface area contributed by atoms with Gasteiger partial charge >= 0.3 is 0 Å². The van der Waals surface area contributed by atoms with Gasteiger partial charge in [0.2, 0.25) is 0 Å². The van der Waals surface area contributed by atoms with E-state index in [0.29, 0.717) is 6.54 Å². The summed E-state index contributed by atoms with van der Waals surface area (Å²) in [5, 5.41) is 2.81. The van der Waals surface area contributed by atoms with Crippen LogP contribution in [0.5, 0.6) is 0 Å². The SMILES string of the molecule is CC(C)(C)C#CCNc1cc(Br)c(F)cc1F. The Bertz CT molecular complexity index is 467. The Hall–Kier alpha value is -1.08. The Labute approximate surface area is 109 Å². The fourth-order valence-corrected chi connectivity index (χ4v) is 1.45. The maximum Gasteiger partial charge on any atom is 0.149 e. The normalized spacial score (nSPS) is 10.7. The first-order valence-corrected chi connectivity index (χ1v) is 5.97. The van der Waals surface area contributed by atoms with Crippen molar-refractivity contribution in [3.05, 3.63) is 28.2 Å². The van der Waals surface area contributed by atoms with Crippen LogP contribution >= 0.6 is 15.9 Å². The van der Waals surface area contributed by atoms with Crippen LogP contribution in [0.1, 0.15) is 20.8 Å². The van der Waals surface area contributed by atoms with Crippen LogP contribution in [0.3, 0.4) is 0 Å². The fourth-order valence-electron chi connectivity index (χ4n) is 1.11. The van der Waals surface area contributed by atoms with Crippen LogP contribution in [-0.2, 0) is 0 Å². The number of benzene rings is 1. The lowest BCUT2D eigenvalue weighted by Crippen LogP contribution is -2.04. The molecule has 1 nitrogen and oxygen atoms in total. The lowest BCUT2D eigenvalue weighted by Gasteiger charge is -2.08. The zero-order chi connectivity index (χ0) is 13.1. The van der Waals surface area contributed by atoms with Crippen molar-refractivity contribution in [2.75, 3.05) is 11.9 Å². The Morgan fingerprint density at radius 2 is 1.88 bits per heavy atom. The summed E-state index contributed by atoms with van der Waals surface area (Å²) < 4.78 is 26.5. The summed E-state index contributed by atoms with van der Waals surface area (Å²) in [7, 11) is 0. The molecule has 0 aliphatic rings. The highest BCUT2D eigenvalue weighted by Gasteiger charge is 2.07. The van der Waals surface area contributed by atoms with E-state index < -0.39 is 11.6 Å². The predicted octanol–water partition coefficient (Wildman–Crippen LogP) is 4.19. The first-order valence-electron chi connectivity index (χ1n) is 5.18. The molecule has 92 valence electrons. The van der Waals surface area contributed by atoms with Crippen LogP contribution < -0.4 is 5.32 Å². The molecule has 0 atom stereocenters. The van der Waals surface area contributed by atoms with E-state index in [1.807, 2.05) is 20.8 Å². The van der Waals surface area contributed by atoms with Gasteiger partial charge in [0.05, 0.1) is 16.7 Å². The van der Waals surface area contributed by atoms with E-state index in [4.69, 9.17) is 0 Å². The van der Waals surface area contributed by atoms with Crippen molar-refractivity contribution in [3.63, 3.8) is 0 Å². The second-order valence-electron chi connectivity index (χ2n) is 4.65. The van der Waals surface area contributed by atoms with E-state index in [2.05, 4.69) is 33.1 Å². The largest absolute Gasteiger partial charge is 0.372 e. The molecule has 0 spiro atoms. The minimum atomic E-state index is -0.622. The highest BCUT2D eigenvalue weighted by atomic mass is 79.9. The monoisotopic (exact) mass is 301 g/mol. The minimum Gasteiger partial charge on any atom is -0.372 e. The third kappa shape index (κ3) is 4.74. The predicted molar refractivity (Wildman–Crippen MR) is 69.8 cm³/mol. The highest BCUT2D eigenvalue weighted by Crippen LogP contribution is 2.23. The molecule has 0 heterocycles. The van der Waals surface area contributed by atoms with Gasteiger partial charge in [-0.2, -0.15) is 0 Å². The summed E-state index contributed by atoms with van der Waals surface area (Å²) in [6.07, 6.45) is 0. The van der Waals surface area contributed by atoms with Crippen LogP contribution in [0.15, 0.2) is 16.6 Å². The number of halogens is 3. The second-order valence-corrected chi connectivity index (χ2v) is 5.51. The van der Waals surface area contributed by atoms with Crippen molar-refractivity contribution >= 4 is 21.6 Å². The number of nitrogens with one attached hydrogen (secondary N) is 1. The molecule has 0 radical (unpaired) electrons. The Morgan fingerprint density at radius 1 is 1.24 bits per heavy atom. The quantitative estimate of drug-likeness (QED) is 0.638. The molecule has 0 unspecified atom stereocenters. The van der Waals surface area contributed by atoms with E-state index in [1.165, 1.54) is 6.07 Å². The van der Waals surface area contributed by atoms with Gasteiger partial charge in [0.15, 0.2) is 0 Å². The van der Waals surface area contributed by atoms with Crippen molar-refractivity contribution in [1.29, 1.82) is 0 Å². The maximum absolute atomic E-state index is 13.3. The standard InChI is InChI=1S/C13H14BrF2N/c1-13(2,3)5-4-6-17-12-7-9(14)10(15)8-11(12)16/h7-8,17H,6H2,1-3H3. The molecule has 0 aromatic heterocycles. The number of hydrogen-bond acceptors (Lipinski definition) is 1. The van der Waals surface area contributed by atoms with Gasteiger partial charge < -0.3 is 5.32 Å². The van der Waals surface area contributed by atoms with Gasteiger partial charge in [-0.05, 0) is 42.8 Å². The molecule has 0 bridgehead atoms. The zero-order valence-corrected chi connectivity index (χ0v) is 11.6. The molecule has 0 saturated carbocycles. The molecule has 0 saturated heterocycles. The molecule has 17 heavy (non-hydrogen) atoms. The average molecular weight is 302 g/mol. The van der Waals surface area contributed by atoms with Crippen molar-refractivity contribution in [2.45, 2.75) is 20.8 Å². The summed E-state index contributed by atoms with van der Waals surface area (Å²) in [5.74, 6) is 4.68. The smallest absolute Gasteiger partial charge is 0.149 e. The van der Waals surface area contributed by atoms with Crippen molar-refractivity contribution < 1.29 is 8.78 Å². The van der Waals surface area contributed by atoms with Crippen molar-refractivity contribution in [3.8, 4) is 11.8 Å². The van der Waals surface area contributed by atoms with Crippen LogP contribution in [0.2, 0.25) is 0 Å². The van der Waals surface area contributed by atoms with Gasteiger partial charge in [-0.25, -0.2) is 8.78 Å². The summed E-state index contributed by atoms with van der Waals surface area (Å²) in [4.78, 5) is 0. The second kappa shape index (κ2) is 5.50. The van der Waals surface area contributed by atoms with Crippen LogP contribution in [0, 0.1) is 28.9 Å². The van der Waals surface area contributed by atoms with Crippen molar-refractivity contribution in [1.82, 2.24) is 0 Å². The lowest BCUT2D eigenvalue weighted by molar-refractivity contribution is 0.570. The van der Waals surface area contributed by atoms with Crippen molar-refractivity contribution in [2.24, 2.45) is 5.41 Å². The first kappa shape index (κ1) is 14.0. The first-order chi connectivity index (χ1) is 7.79. The molecule has 0 aliphatic heterocycles. The number of anilines is 1. The third-order valence-electron chi connectivity index (χ3n) is 1.84. The summed E-state index contributed by atoms with van der Waals surface area (Å²) >= 11 is 3.00. The Morgan fingerprint density at radius 3 is 2.47 bits per heavy atom. The molecule has 1 rings (SSSR count). The average Bonchev–Trinajstić information content (AvgIpc) is 2.18. The number of rotatable bonds is 2. The van der Waals surface area contributed by atoms with Gasteiger partial charge in [-0.3, -0.25) is 0 Å². The fraction of sp³-hybridized carbons (Fsp3) is 0.385. The molecule has 0 fully saturated rings. The van der Waals surface area contributed by atoms with Crippen LogP contribution in [-0.4, -0.2) is 6.54 Å². The molecule has 1 aromatic rings. The summed E-state index contributed by atoms with van der Waals surface area (Å²) in [6, 6.07) is 2.20. The van der Waals surface area contributed by atoms with Gasteiger partial charge in [-0.1, -0.05) is 11.8 Å². The molecule has 0 aliphatic carbocycles. The minimum absolute atomic E-state index is 0.0798. The van der Waals surface area contributed by atoms with E-state index in [9.17, 15) is 8.78 Å². The lowest BCUT2D eigenvalue weighted by atomic mass is 9.98. The van der Waals surface area contributed by atoms with E-state index in [1.54, 1.807) is 0 Å². The molecule has 0 amide bonds. The Balaban J connectivity index is 2.70. The van der Waals surface area contributed by atoms with E-state index >= 15 is 0 Å². The van der Waals surface area contributed by atoms with Gasteiger partial charge in [0, 0.05) is 11.5 Å². The number of hydrogen-bond donors (Lipinski definition) is 1. The van der Waals surface area contributed by atoms with Gasteiger partial charge in [0.25, 0.3) is 0 Å². The molecular formula is C13H14BrF2N. The maximum atomic E-state index is 13.3. The van der Waals surface area contributed by atoms with Gasteiger partial charge in [-0.15, -0.1) is 0 Å². The van der Waals surface area contributed by atoms with Crippen LogP contribution in [0.25, 0.3) is 0 Å². The topological polar surface area (TPSA) is 12.0 Å². The molecular weight excluding hydrogens is 288 g/mol. The summed E-state index contributed by atoms with van der Waals surface area (Å²) in [6.45, 7) is 6.31. The van der Waals surface area contributed by atoms with Crippen LogP contribution in [0.4, 0.5) is 14.5 Å². The molecule has 1 N–H and O–H groups in total. The highest BCUT2D eigenvalue weighted by molar-refractivity contribution is 9.10. The van der Waals surface area contributed by atoms with E-state index in [0.717, 1.165) is 6.07 Å². The molecule has 4 heteroatoms. The zero-order valence-electron chi connectivity index (χ0n) is 10.00. The summed E-state index contributed by atoms with van der Waals surface area (Å²) in [5.41, 5.74) is 0.158. The third-order valence-corrected chi connectivity index (χ3v) is 2.45.